The molecule has 120 valence electrons. The van der Waals surface area contributed by atoms with E-state index in [-0.39, 0.29) is 0 Å². The van der Waals surface area contributed by atoms with E-state index in [0.717, 1.165) is 37.7 Å². The van der Waals surface area contributed by atoms with Gasteiger partial charge in [-0.2, -0.15) is 0 Å². The third-order valence-electron chi connectivity index (χ3n) is 3.69. The van der Waals surface area contributed by atoms with Crippen molar-refractivity contribution in [3.63, 3.8) is 0 Å². The van der Waals surface area contributed by atoms with Gasteiger partial charge >= 0.3 is 0 Å². The monoisotopic (exact) mass is 294 g/mol. The van der Waals surface area contributed by atoms with Gasteiger partial charge in [-0.3, -0.25) is 0 Å². The third-order valence-corrected chi connectivity index (χ3v) is 3.69. The van der Waals surface area contributed by atoms with Crippen molar-refractivity contribution >= 4 is 0 Å². The normalized spacial score (nSPS) is 12.5. The van der Waals surface area contributed by atoms with Crippen LogP contribution in [0, 0.1) is 0 Å². The second-order valence-electron chi connectivity index (χ2n) is 5.12. The van der Waals surface area contributed by atoms with E-state index >= 15 is 0 Å². The van der Waals surface area contributed by atoms with Crippen molar-refractivity contribution < 1.29 is 9.47 Å². The van der Waals surface area contributed by atoms with Crippen molar-refractivity contribution in [3.05, 3.63) is 23.8 Å². The first kappa shape index (κ1) is 17.8. The number of rotatable bonds is 10. The van der Waals surface area contributed by atoms with Gasteiger partial charge in [-0.15, -0.1) is 0 Å². The first-order valence-electron chi connectivity index (χ1n) is 7.87. The molecule has 1 atom stereocenters. The Morgan fingerprint density at radius 3 is 2.33 bits per heavy atom. The summed E-state index contributed by atoms with van der Waals surface area (Å²) < 4.78 is 10.7. The summed E-state index contributed by atoms with van der Waals surface area (Å²) in [6.07, 6.45) is 1.18. The lowest BCUT2D eigenvalue weighted by Crippen LogP contribution is -2.35. The summed E-state index contributed by atoms with van der Waals surface area (Å²) in [7, 11) is 3.35. The Hall–Kier alpha value is -1.26. The van der Waals surface area contributed by atoms with Crippen LogP contribution in [-0.2, 0) is 0 Å². The molecule has 0 bridgehead atoms. The largest absolute Gasteiger partial charge is 0.493 e. The number of hydrogen-bond acceptors (Lipinski definition) is 4. The van der Waals surface area contributed by atoms with Crippen molar-refractivity contribution in [1.29, 1.82) is 0 Å². The number of hydrogen-bond donors (Lipinski definition) is 1. The highest BCUT2D eigenvalue weighted by Gasteiger charge is 2.16. The summed E-state index contributed by atoms with van der Waals surface area (Å²) in [5, 5.41) is 3.57. The highest BCUT2D eigenvalue weighted by Crippen LogP contribution is 2.30. The second-order valence-corrected chi connectivity index (χ2v) is 5.12. The standard InChI is InChI=1S/C17H30N2O2/c1-6-11-19(8-3)13-15(18-7-2)14-9-10-16(20-4)17(12-14)21-5/h9-10,12,15,18H,6-8,11,13H2,1-5H3. The quantitative estimate of drug-likeness (QED) is 0.719. The average Bonchev–Trinajstić information content (AvgIpc) is 2.52. The topological polar surface area (TPSA) is 33.7 Å². The maximum Gasteiger partial charge on any atom is 0.161 e. The SMILES string of the molecule is CCCN(CC)CC(NCC)c1ccc(OC)c(OC)c1. The van der Waals surface area contributed by atoms with Gasteiger partial charge < -0.3 is 19.7 Å². The summed E-state index contributed by atoms with van der Waals surface area (Å²) in [5.74, 6) is 1.56. The van der Waals surface area contributed by atoms with Gasteiger partial charge in [0.05, 0.1) is 14.2 Å². The van der Waals surface area contributed by atoms with E-state index in [1.165, 1.54) is 12.0 Å². The fraction of sp³-hybridized carbons (Fsp3) is 0.647. The molecule has 0 spiro atoms. The molecule has 0 heterocycles. The minimum Gasteiger partial charge on any atom is -0.493 e. The molecule has 1 N–H and O–H groups in total. The number of ether oxygens (including phenoxy) is 2. The Bertz CT molecular complexity index is 410. The average molecular weight is 294 g/mol. The molecule has 0 aliphatic carbocycles. The summed E-state index contributed by atoms with van der Waals surface area (Å²) >= 11 is 0. The minimum atomic E-state index is 0.307. The predicted octanol–water partition coefficient (Wildman–Crippen LogP) is 3.09. The van der Waals surface area contributed by atoms with Crippen LogP contribution in [0.15, 0.2) is 18.2 Å². The molecule has 0 amide bonds. The fourth-order valence-electron chi connectivity index (χ4n) is 2.56. The van der Waals surface area contributed by atoms with Gasteiger partial charge in [0.25, 0.3) is 0 Å². The molecule has 4 nitrogen and oxygen atoms in total. The van der Waals surface area contributed by atoms with Crippen LogP contribution in [0.1, 0.15) is 38.8 Å². The van der Waals surface area contributed by atoms with E-state index in [2.05, 4.69) is 43.1 Å². The maximum atomic E-state index is 5.42. The Morgan fingerprint density at radius 2 is 1.81 bits per heavy atom. The molecular formula is C17H30N2O2. The van der Waals surface area contributed by atoms with Crippen molar-refractivity contribution in [2.45, 2.75) is 33.2 Å². The molecule has 0 radical (unpaired) electrons. The number of benzene rings is 1. The van der Waals surface area contributed by atoms with Gasteiger partial charge in [-0.05, 0) is 43.8 Å². The van der Waals surface area contributed by atoms with E-state index in [9.17, 15) is 0 Å². The minimum absolute atomic E-state index is 0.307. The van der Waals surface area contributed by atoms with E-state index in [1.54, 1.807) is 14.2 Å². The molecule has 4 heteroatoms. The van der Waals surface area contributed by atoms with Crippen molar-refractivity contribution in [1.82, 2.24) is 10.2 Å². The zero-order chi connectivity index (χ0) is 15.7. The lowest BCUT2D eigenvalue weighted by Gasteiger charge is -2.27. The van der Waals surface area contributed by atoms with Crippen LogP contribution in [0.2, 0.25) is 0 Å². The number of likely N-dealkylation sites (N-methyl/N-ethyl adjacent to an activating group) is 2. The van der Waals surface area contributed by atoms with Crippen LogP contribution in [0.5, 0.6) is 11.5 Å². The summed E-state index contributed by atoms with van der Waals surface area (Å²) in [6, 6.07) is 6.48. The summed E-state index contributed by atoms with van der Waals surface area (Å²) in [5.41, 5.74) is 1.24. The highest BCUT2D eigenvalue weighted by atomic mass is 16.5. The van der Waals surface area contributed by atoms with Crippen molar-refractivity contribution in [2.75, 3.05) is 40.4 Å². The van der Waals surface area contributed by atoms with E-state index in [4.69, 9.17) is 9.47 Å². The van der Waals surface area contributed by atoms with Gasteiger partial charge in [0.15, 0.2) is 11.5 Å². The molecule has 0 fully saturated rings. The second kappa shape index (κ2) is 9.64. The van der Waals surface area contributed by atoms with E-state index < -0.39 is 0 Å². The van der Waals surface area contributed by atoms with Gasteiger partial charge in [-0.1, -0.05) is 26.8 Å². The van der Waals surface area contributed by atoms with Crippen molar-refractivity contribution in [2.24, 2.45) is 0 Å². The van der Waals surface area contributed by atoms with Crippen LogP contribution in [0.25, 0.3) is 0 Å². The Morgan fingerprint density at radius 1 is 1.10 bits per heavy atom. The van der Waals surface area contributed by atoms with Crippen LogP contribution < -0.4 is 14.8 Å². The molecule has 1 aromatic carbocycles. The van der Waals surface area contributed by atoms with Gasteiger partial charge in [-0.25, -0.2) is 0 Å². The van der Waals surface area contributed by atoms with Crippen LogP contribution in [0.3, 0.4) is 0 Å². The molecule has 0 saturated heterocycles. The molecular weight excluding hydrogens is 264 g/mol. The van der Waals surface area contributed by atoms with Gasteiger partial charge in [0.2, 0.25) is 0 Å². The van der Waals surface area contributed by atoms with Crippen LogP contribution >= 0.6 is 0 Å². The van der Waals surface area contributed by atoms with Crippen LogP contribution in [0.4, 0.5) is 0 Å². The van der Waals surface area contributed by atoms with Crippen molar-refractivity contribution in [3.8, 4) is 11.5 Å². The molecule has 0 saturated carbocycles. The van der Waals surface area contributed by atoms with E-state index in [1.807, 2.05) is 6.07 Å². The zero-order valence-corrected chi connectivity index (χ0v) is 14.1. The summed E-state index contributed by atoms with van der Waals surface area (Å²) in [4.78, 5) is 2.48. The molecule has 21 heavy (non-hydrogen) atoms. The smallest absolute Gasteiger partial charge is 0.161 e. The first-order valence-corrected chi connectivity index (χ1v) is 7.87. The van der Waals surface area contributed by atoms with Gasteiger partial charge in [0, 0.05) is 12.6 Å². The first-order chi connectivity index (χ1) is 10.2. The molecule has 1 rings (SSSR count). The van der Waals surface area contributed by atoms with Crippen LogP contribution in [-0.4, -0.2) is 45.3 Å². The molecule has 0 aliphatic rings. The molecule has 1 aromatic rings. The van der Waals surface area contributed by atoms with Gasteiger partial charge in [0.1, 0.15) is 0 Å². The Balaban J connectivity index is 2.93. The molecule has 0 aromatic heterocycles. The molecule has 0 aliphatic heterocycles. The predicted molar refractivity (Wildman–Crippen MR) is 88.4 cm³/mol. The maximum absolute atomic E-state index is 5.42. The number of nitrogens with zero attached hydrogens (tertiary/aromatic N) is 1. The number of nitrogens with one attached hydrogen (secondary N) is 1. The highest BCUT2D eigenvalue weighted by molar-refractivity contribution is 5.43. The van der Waals surface area contributed by atoms with E-state index in [0.29, 0.717) is 6.04 Å². The third kappa shape index (κ3) is 5.21. The summed E-state index contributed by atoms with van der Waals surface area (Å²) in [6.45, 7) is 10.7. The fourth-order valence-corrected chi connectivity index (χ4v) is 2.56. The lowest BCUT2D eigenvalue weighted by molar-refractivity contribution is 0.255. The molecule has 1 unspecified atom stereocenters. The lowest BCUT2D eigenvalue weighted by atomic mass is 10.1. The zero-order valence-electron chi connectivity index (χ0n) is 14.1. The number of methoxy groups -OCH3 is 2. The Labute approximate surface area is 129 Å². The Kier molecular flexibility index (Phi) is 8.16.